The minimum atomic E-state index is -1.96. The minimum absolute atomic E-state index is 0.0667. The van der Waals surface area contributed by atoms with Crippen LogP contribution in [0.4, 0.5) is 0 Å². The molecule has 0 spiro atoms. The molecule has 0 amide bonds. The van der Waals surface area contributed by atoms with Crippen molar-refractivity contribution in [1.82, 2.24) is 0 Å². The first kappa shape index (κ1) is 20.4. The maximum atomic E-state index is 11.8. The van der Waals surface area contributed by atoms with Crippen LogP contribution in [0.2, 0.25) is 18.1 Å². The van der Waals surface area contributed by atoms with E-state index in [1.165, 1.54) is 12.2 Å². The number of carbonyl (C=O) groups is 1. The largest absolute Gasteiger partial charge is 0.460 e. The van der Waals surface area contributed by atoms with Crippen LogP contribution < -0.4 is 0 Å². The molecular formula is C18H34O4Si. The summed E-state index contributed by atoms with van der Waals surface area (Å²) in [6.45, 7) is 12.9. The predicted octanol–water partition coefficient (Wildman–Crippen LogP) is 4.19. The van der Waals surface area contributed by atoms with Crippen LogP contribution in [0.5, 0.6) is 0 Å². The Kier molecular flexibility index (Phi) is 7.49. The Morgan fingerprint density at radius 2 is 1.83 bits per heavy atom. The van der Waals surface area contributed by atoms with Gasteiger partial charge in [0.25, 0.3) is 0 Å². The van der Waals surface area contributed by atoms with Gasteiger partial charge in [0, 0.05) is 6.08 Å². The van der Waals surface area contributed by atoms with Crippen LogP contribution in [0.15, 0.2) is 12.2 Å². The summed E-state index contributed by atoms with van der Waals surface area (Å²) in [4.78, 5) is 11.8. The summed E-state index contributed by atoms with van der Waals surface area (Å²) in [6.07, 6.45) is 6.59. The van der Waals surface area contributed by atoms with Crippen molar-refractivity contribution in [3.63, 3.8) is 0 Å². The first-order valence-corrected chi connectivity index (χ1v) is 11.7. The molecule has 0 aromatic rings. The van der Waals surface area contributed by atoms with Crippen LogP contribution in [-0.4, -0.2) is 37.7 Å². The van der Waals surface area contributed by atoms with Gasteiger partial charge >= 0.3 is 5.97 Å². The molecule has 23 heavy (non-hydrogen) atoms. The zero-order valence-electron chi connectivity index (χ0n) is 15.6. The lowest BCUT2D eigenvalue weighted by Gasteiger charge is -2.40. The van der Waals surface area contributed by atoms with E-state index in [-0.39, 0.29) is 23.2 Å². The number of hydrogen-bond donors (Lipinski definition) is 1. The number of ether oxygens (including phenoxy) is 1. The van der Waals surface area contributed by atoms with Gasteiger partial charge in [-0.25, -0.2) is 4.79 Å². The monoisotopic (exact) mass is 342 g/mol. The third-order valence-electron chi connectivity index (χ3n) is 4.98. The molecule has 1 N–H and O–H groups in total. The molecule has 1 aliphatic heterocycles. The molecule has 0 saturated carbocycles. The van der Waals surface area contributed by atoms with Gasteiger partial charge in [-0.1, -0.05) is 33.6 Å². The molecule has 1 aliphatic rings. The maximum absolute atomic E-state index is 11.8. The second-order valence-electron chi connectivity index (χ2n) is 8.15. The number of cyclic esters (lactones) is 1. The SMILES string of the molecule is C[C@@H]1CCCCC[C@H](O[Si](C)(C)C(C)(C)C)[C@@H](O)/C=C/C(=O)O1. The van der Waals surface area contributed by atoms with Gasteiger partial charge in [-0.2, -0.15) is 0 Å². The van der Waals surface area contributed by atoms with E-state index in [9.17, 15) is 9.90 Å². The molecule has 0 unspecified atom stereocenters. The van der Waals surface area contributed by atoms with E-state index in [1.54, 1.807) is 0 Å². The van der Waals surface area contributed by atoms with Crippen molar-refractivity contribution >= 4 is 14.3 Å². The molecule has 0 radical (unpaired) electrons. The first-order chi connectivity index (χ1) is 10.5. The van der Waals surface area contributed by atoms with Crippen molar-refractivity contribution in [2.45, 2.75) is 96.2 Å². The van der Waals surface area contributed by atoms with Crippen LogP contribution in [0.25, 0.3) is 0 Å². The number of esters is 1. The summed E-state index contributed by atoms with van der Waals surface area (Å²) >= 11 is 0. The van der Waals surface area contributed by atoms with Crippen molar-refractivity contribution in [1.29, 1.82) is 0 Å². The lowest BCUT2D eigenvalue weighted by molar-refractivity contribution is -0.142. The highest BCUT2D eigenvalue weighted by molar-refractivity contribution is 6.74. The topological polar surface area (TPSA) is 55.8 Å². The standard InChI is InChI=1S/C18H34O4Si/c1-14-10-8-7-9-11-16(15(19)12-13-17(20)21-14)22-23(5,6)18(2,3)4/h12-16,19H,7-11H2,1-6H3/b13-12+/t14-,15+,16+/m1/s1. The van der Waals surface area contributed by atoms with Crippen LogP contribution in [0, 0.1) is 0 Å². The molecule has 5 heteroatoms. The molecule has 0 saturated heterocycles. The number of aliphatic hydroxyl groups is 1. The second-order valence-corrected chi connectivity index (χ2v) is 12.9. The fourth-order valence-electron chi connectivity index (χ4n) is 2.41. The van der Waals surface area contributed by atoms with E-state index in [2.05, 4.69) is 33.9 Å². The summed E-state index contributed by atoms with van der Waals surface area (Å²) in [6, 6.07) is 0. The van der Waals surface area contributed by atoms with Crippen molar-refractivity contribution < 1.29 is 19.1 Å². The molecule has 4 nitrogen and oxygen atoms in total. The van der Waals surface area contributed by atoms with Gasteiger partial charge in [0.15, 0.2) is 8.32 Å². The van der Waals surface area contributed by atoms with Crippen molar-refractivity contribution in [3.8, 4) is 0 Å². The Hall–Kier alpha value is -0.653. The van der Waals surface area contributed by atoms with E-state index in [4.69, 9.17) is 9.16 Å². The Balaban J connectivity index is 2.85. The lowest BCUT2D eigenvalue weighted by atomic mass is 10.0. The maximum Gasteiger partial charge on any atom is 0.330 e. The molecule has 1 rings (SSSR count). The highest BCUT2D eigenvalue weighted by Gasteiger charge is 2.40. The Morgan fingerprint density at radius 1 is 1.22 bits per heavy atom. The van der Waals surface area contributed by atoms with Crippen LogP contribution in [0.1, 0.15) is 59.8 Å². The fourth-order valence-corrected chi connectivity index (χ4v) is 3.77. The van der Waals surface area contributed by atoms with E-state index in [1.807, 2.05) is 6.92 Å². The molecule has 0 aromatic carbocycles. The molecule has 0 aromatic heterocycles. The number of rotatable bonds is 2. The summed E-state index contributed by atoms with van der Waals surface area (Å²) < 4.78 is 11.7. The number of hydrogen-bond acceptors (Lipinski definition) is 4. The van der Waals surface area contributed by atoms with Gasteiger partial charge < -0.3 is 14.3 Å². The van der Waals surface area contributed by atoms with Crippen molar-refractivity contribution in [3.05, 3.63) is 12.2 Å². The first-order valence-electron chi connectivity index (χ1n) is 8.77. The normalized spacial score (nSPS) is 30.0. The Labute approximate surface area is 142 Å². The molecule has 1 heterocycles. The fraction of sp³-hybridized carbons (Fsp3) is 0.833. The van der Waals surface area contributed by atoms with Crippen LogP contribution in [0.3, 0.4) is 0 Å². The highest BCUT2D eigenvalue weighted by Crippen LogP contribution is 2.38. The third kappa shape index (κ3) is 6.77. The van der Waals surface area contributed by atoms with E-state index < -0.39 is 14.4 Å². The van der Waals surface area contributed by atoms with Crippen LogP contribution in [-0.2, 0) is 14.0 Å². The van der Waals surface area contributed by atoms with Crippen LogP contribution >= 0.6 is 0 Å². The van der Waals surface area contributed by atoms with E-state index in [0.29, 0.717) is 0 Å². The number of carbonyl (C=O) groups excluding carboxylic acids is 1. The zero-order valence-corrected chi connectivity index (χ0v) is 16.6. The van der Waals surface area contributed by atoms with Crippen molar-refractivity contribution in [2.75, 3.05) is 0 Å². The Bertz CT molecular complexity index is 412. The predicted molar refractivity (Wildman–Crippen MR) is 95.9 cm³/mol. The highest BCUT2D eigenvalue weighted by atomic mass is 28.4. The van der Waals surface area contributed by atoms with Gasteiger partial charge in [-0.05, 0) is 50.4 Å². The second kappa shape index (κ2) is 8.45. The van der Waals surface area contributed by atoms with Gasteiger partial charge in [-0.3, -0.25) is 0 Å². The Morgan fingerprint density at radius 3 is 2.43 bits per heavy atom. The van der Waals surface area contributed by atoms with Crippen molar-refractivity contribution in [2.24, 2.45) is 0 Å². The molecule has 0 aliphatic carbocycles. The quantitative estimate of drug-likeness (QED) is 0.604. The summed E-state index contributed by atoms with van der Waals surface area (Å²) in [5.41, 5.74) is 0. The van der Waals surface area contributed by atoms with E-state index >= 15 is 0 Å². The van der Waals surface area contributed by atoms with Gasteiger partial charge in [0.05, 0.1) is 18.3 Å². The average Bonchev–Trinajstić information content (AvgIpc) is 2.40. The lowest BCUT2D eigenvalue weighted by Crippen LogP contribution is -2.46. The molecule has 0 fully saturated rings. The number of aliphatic hydroxyl groups excluding tert-OH is 1. The summed E-state index contributed by atoms with van der Waals surface area (Å²) in [5.74, 6) is -0.386. The molecule has 0 bridgehead atoms. The third-order valence-corrected chi connectivity index (χ3v) is 9.48. The summed E-state index contributed by atoms with van der Waals surface area (Å²) in [5, 5.41) is 10.6. The summed E-state index contributed by atoms with van der Waals surface area (Å²) in [7, 11) is -1.96. The average molecular weight is 343 g/mol. The molecule has 134 valence electrons. The van der Waals surface area contributed by atoms with Gasteiger partial charge in [0.1, 0.15) is 0 Å². The smallest absolute Gasteiger partial charge is 0.330 e. The molecule has 3 atom stereocenters. The van der Waals surface area contributed by atoms with Gasteiger partial charge in [0.2, 0.25) is 0 Å². The van der Waals surface area contributed by atoms with Gasteiger partial charge in [-0.15, -0.1) is 0 Å². The minimum Gasteiger partial charge on any atom is -0.460 e. The molecular weight excluding hydrogens is 308 g/mol. The van der Waals surface area contributed by atoms with E-state index in [0.717, 1.165) is 32.1 Å². The zero-order chi connectivity index (χ0) is 17.7.